The minimum atomic E-state index is -1.76. The zero-order chi connectivity index (χ0) is 32.6. The highest BCUT2D eigenvalue weighted by Gasteiger charge is 2.50. The molecule has 0 amide bonds. The van der Waals surface area contributed by atoms with Crippen LogP contribution in [0.25, 0.3) is 0 Å². The summed E-state index contributed by atoms with van der Waals surface area (Å²) in [6.07, 6.45) is -7.54. The predicted octanol–water partition coefficient (Wildman–Crippen LogP) is 5.52. The van der Waals surface area contributed by atoms with Crippen molar-refractivity contribution in [2.45, 2.75) is 36.3 Å². The molecule has 2 N–H and O–H groups in total. The smallest absolute Gasteiger partial charge is 0.338 e. The third kappa shape index (κ3) is 6.86. The topological polar surface area (TPSA) is 112 Å². The monoisotopic (exact) mass is 630 g/mol. The number of carbonyl (C=O) groups excluding carboxylic acids is 2. The summed E-state index contributed by atoms with van der Waals surface area (Å²) < 4.78 is 24.1. The zero-order valence-corrected chi connectivity index (χ0v) is 25.4. The Morgan fingerprint density at radius 3 is 1.32 bits per heavy atom. The lowest BCUT2D eigenvalue weighted by Crippen LogP contribution is -2.61. The van der Waals surface area contributed by atoms with Crippen LogP contribution in [0.2, 0.25) is 0 Å². The van der Waals surface area contributed by atoms with Crippen LogP contribution < -0.4 is 0 Å². The Balaban J connectivity index is 1.33. The number of aliphatic hydroxyl groups excluding tert-OH is 2. The highest BCUT2D eigenvalue weighted by molar-refractivity contribution is 5.90. The van der Waals surface area contributed by atoms with Gasteiger partial charge in [-0.15, -0.1) is 0 Å². The van der Waals surface area contributed by atoms with Gasteiger partial charge >= 0.3 is 11.9 Å². The summed E-state index contributed by atoms with van der Waals surface area (Å²) in [6, 6.07) is 45.4. The lowest BCUT2D eigenvalue weighted by molar-refractivity contribution is -0.290. The Labute approximate surface area is 272 Å². The Kier molecular flexibility index (Phi) is 9.85. The lowest BCUT2D eigenvalue weighted by atomic mass is 9.80. The molecule has 0 saturated carbocycles. The van der Waals surface area contributed by atoms with Crippen LogP contribution in [0, 0.1) is 0 Å². The molecule has 0 bridgehead atoms. The van der Waals surface area contributed by atoms with E-state index in [0.717, 1.165) is 16.7 Å². The summed E-state index contributed by atoms with van der Waals surface area (Å²) >= 11 is 0. The van der Waals surface area contributed by atoms with Crippen LogP contribution in [0.4, 0.5) is 0 Å². The number of hydrogen-bond acceptors (Lipinski definition) is 8. The Hall–Kier alpha value is -5.12. The van der Waals surface area contributed by atoms with E-state index in [-0.39, 0.29) is 17.7 Å². The molecule has 1 fully saturated rings. The van der Waals surface area contributed by atoms with Crippen molar-refractivity contribution in [1.82, 2.24) is 0 Å². The first kappa shape index (κ1) is 31.8. The molecule has 0 aromatic heterocycles. The van der Waals surface area contributed by atoms with E-state index < -0.39 is 48.2 Å². The molecule has 0 aliphatic carbocycles. The van der Waals surface area contributed by atoms with Crippen molar-refractivity contribution in [3.63, 3.8) is 0 Å². The van der Waals surface area contributed by atoms with Gasteiger partial charge in [-0.25, -0.2) is 9.59 Å². The molecule has 1 saturated heterocycles. The van der Waals surface area contributed by atoms with Gasteiger partial charge in [-0.05, 0) is 41.0 Å². The number of rotatable bonds is 10. The molecular formula is C39H34O8. The van der Waals surface area contributed by atoms with Gasteiger partial charge in [0.05, 0.1) is 17.7 Å². The van der Waals surface area contributed by atoms with E-state index >= 15 is 0 Å². The molecule has 1 heterocycles. The second kappa shape index (κ2) is 14.5. The lowest BCUT2D eigenvalue weighted by Gasteiger charge is -2.43. The van der Waals surface area contributed by atoms with Crippen LogP contribution in [0.15, 0.2) is 152 Å². The molecule has 0 spiro atoms. The Morgan fingerprint density at radius 2 is 0.915 bits per heavy atom. The minimum absolute atomic E-state index is 0.214. The SMILES string of the molecule is O=C(O[C@@H]1[C@@H](OC(=O)c2ccccc2)[C@@H](O)[C@@H](COC(c2ccccc2)(c2ccccc2)c2ccccc2)O[C@@H]1O)c1ccccc1. The van der Waals surface area contributed by atoms with Gasteiger partial charge in [0.25, 0.3) is 0 Å². The molecule has 8 heteroatoms. The number of carbonyl (C=O) groups is 2. The fraction of sp³-hybridized carbons (Fsp3) is 0.179. The molecule has 5 atom stereocenters. The number of esters is 2. The number of aliphatic hydroxyl groups is 2. The van der Waals surface area contributed by atoms with Crippen molar-refractivity contribution < 1.29 is 38.7 Å². The molecule has 238 valence electrons. The number of benzene rings is 5. The van der Waals surface area contributed by atoms with Crippen molar-refractivity contribution >= 4 is 11.9 Å². The van der Waals surface area contributed by atoms with E-state index in [1.807, 2.05) is 91.0 Å². The number of hydrogen-bond donors (Lipinski definition) is 2. The molecule has 0 radical (unpaired) electrons. The van der Waals surface area contributed by atoms with Crippen LogP contribution in [0.1, 0.15) is 37.4 Å². The van der Waals surface area contributed by atoms with Crippen molar-refractivity contribution in [1.29, 1.82) is 0 Å². The molecule has 8 nitrogen and oxygen atoms in total. The maximum absolute atomic E-state index is 13.2. The largest absolute Gasteiger partial charge is 0.452 e. The second-order valence-electron chi connectivity index (χ2n) is 11.1. The average molecular weight is 631 g/mol. The summed E-state index contributed by atoms with van der Waals surface area (Å²) in [5.41, 5.74) is 1.76. The Bertz CT molecular complexity index is 1640. The molecular weight excluding hydrogens is 596 g/mol. The van der Waals surface area contributed by atoms with E-state index in [2.05, 4.69) is 0 Å². The van der Waals surface area contributed by atoms with Gasteiger partial charge in [0.2, 0.25) is 0 Å². The average Bonchev–Trinajstić information content (AvgIpc) is 3.13. The molecule has 5 aromatic rings. The maximum Gasteiger partial charge on any atom is 0.338 e. The van der Waals surface area contributed by atoms with Crippen LogP contribution in [0.3, 0.4) is 0 Å². The van der Waals surface area contributed by atoms with Crippen LogP contribution in [-0.4, -0.2) is 59.5 Å². The third-order valence-electron chi connectivity index (χ3n) is 8.15. The van der Waals surface area contributed by atoms with Gasteiger partial charge in [0.1, 0.15) is 17.8 Å². The molecule has 6 rings (SSSR count). The highest BCUT2D eigenvalue weighted by Crippen LogP contribution is 2.41. The minimum Gasteiger partial charge on any atom is -0.452 e. The van der Waals surface area contributed by atoms with Gasteiger partial charge in [0, 0.05) is 0 Å². The molecule has 47 heavy (non-hydrogen) atoms. The second-order valence-corrected chi connectivity index (χ2v) is 11.1. The zero-order valence-electron chi connectivity index (χ0n) is 25.4. The van der Waals surface area contributed by atoms with Gasteiger partial charge in [-0.3, -0.25) is 0 Å². The first-order valence-electron chi connectivity index (χ1n) is 15.3. The molecule has 1 aliphatic rings. The van der Waals surface area contributed by atoms with Gasteiger partial charge in [0.15, 0.2) is 18.5 Å². The molecule has 5 aromatic carbocycles. The predicted molar refractivity (Wildman–Crippen MR) is 173 cm³/mol. The quantitative estimate of drug-likeness (QED) is 0.153. The normalized spacial score (nSPS) is 21.0. The summed E-state index contributed by atoms with van der Waals surface area (Å²) in [4.78, 5) is 26.3. The van der Waals surface area contributed by atoms with E-state index in [4.69, 9.17) is 18.9 Å². The van der Waals surface area contributed by atoms with Crippen molar-refractivity contribution in [3.8, 4) is 0 Å². The van der Waals surface area contributed by atoms with Crippen LogP contribution in [-0.2, 0) is 24.5 Å². The van der Waals surface area contributed by atoms with Crippen molar-refractivity contribution in [2.24, 2.45) is 0 Å². The van der Waals surface area contributed by atoms with Gasteiger partial charge in [-0.2, -0.15) is 0 Å². The first-order chi connectivity index (χ1) is 23.0. The number of ether oxygens (including phenoxy) is 4. The summed E-state index contributed by atoms with van der Waals surface area (Å²) in [5, 5.41) is 22.9. The van der Waals surface area contributed by atoms with Gasteiger partial charge in [-0.1, -0.05) is 127 Å². The van der Waals surface area contributed by atoms with Crippen molar-refractivity contribution in [2.75, 3.05) is 6.61 Å². The van der Waals surface area contributed by atoms with Crippen molar-refractivity contribution in [3.05, 3.63) is 179 Å². The van der Waals surface area contributed by atoms with Crippen LogP contribution >= 0.6 is 0 Å². The molecule has 0 unspecified atom stereocenters. The van der Waals surface area contributed by atoms with Crippen LogP contribution in [0.5, 0.6) is 0 Å². The first-order valence-corrected chi connectivity index (χ1v) is 15.3. The summed E-state index contributed by atoms with van der Waals surface area (Å²) in [5.74, 6) is -1.55. The van der Waals surface area contributed by atoms with E-state index in [1.165, 1.54) is 0 Å². The fourth-order valence-corrected chi connectivity index (χ4v) is 5.81. The summed E-state index contributed by atoms with van der Waals surface area (Å²) in [7, 11) is 0. The van der Waals surface area contributed by atoms with E-state index in [9.17, 15) is 19.8 Å². The van der Waals surface area contributed by atoms with E-state index in [1.54, 1.807) is 60.7 Å². The van der Waals surface area contributed by atoms with E-state index in [0.29, 0.717) is 0 Å². The summed E-state index contributed by atoms with van der Waals surface area (Å²) in [6.45, 7) is -0.240. The Morgan fingerprint density at radius 1 is 0.553 bits per heavy atom. The maximum atomic E-state index is 13.2. The standard InChI is InChI=1S/C39H34O8/c40-33-32(26-44-39(29-20-10-3-11-21-29,30-22-12-4-13-23-30)31-24-14-5-15-25-31)45-38(43)35(47-37(42)28-18-8-2-9-19-28)34(33)46-36(41)27-16-6-1-7-17-27/h1-25,32-35,38,40,43H,26H2/t32-,33+,34+,35-,38+/m1/s1. The highest BCUT2D eigenvalue weighted by atomic mass is 16.7. The third-order valence-corrected chi connectivity index (χ3v) is 8.15. The fourth-order valence-electron chi connectivity index (χ4n) is 5.81. The van der Waals surface area contributed by atoms with Gasteiger partial charge < -0.3 is 29.2 Å². The molecule has 1 aliphatic heterocycles.